The van der Waals surface area contributed by atoms with Gasteiger partial charge < -0.3 is 15.4 Å². The van der Waals surface area contributed by atoms with Crippen molar-refractivity contribution in [2.24, 2.45) is 0 Å². The molecular weight excluding hydrogens is 320 g/mol. The number of ether oxygens (including phenoxy) is 1. The van der Waals surface area contributed by atoms with Crippen molar-refractivity contribution in [2.45, 2.75) is 37.3 Å². The summed E-state index contributed by atoms with van der Waals surface area (Å²) < 4.78 is 5.75. The van der Waals surface area contributed by atoms with E-state index in [1.165, 1.54) is 0 Å². The molecule has 8 nitrogen and oxygen atoms in total. The molecule has 2 aliphatic rings. The number of hydrogen-bond donors (Lipinski definition) is 2. The summed E-state index contributed by atoms with van der Waals surface area (Å²) in [5.41, 5.74) is -0.656. The van der Waals surface area contributed by atoms with Crippen LogP contribution in [-0.2, 0) is 9.53 Å². The van der Waals surface area contributed by atoms with E-state index in [-0.39, 0.29) is 12.0 Å². The number of carbonyl (C=O) groups is 1. The Morgan fingerprint density at radius 1 is 1.48 bits per heavy atom. The highest BCUT2D eigenvalue weighted by Crippen LogP contribution is 2.28. The molecule has 0 radical (unpaired) electrons. The fourth-order valence-corrected chi connectivity index (χ4v) is 3.41. The van der Waals surface area contributed by atoms with E-state index in [2.05, 4.69) is 31.8 Å². The number of carbonyl (C=O) groups excluding carboxylic acids is 1. The zero-order chi connectivity index (χ0) is 17.5. The van der Waals surface area contributed by atoms with Crippen molar-refractivity contribution >= 4 is 11.7 Å². The van der Waals surface area contributed by atoms with Crippen molar-refractivity contribution in [3.63, 3.8) is 0 Å². The van der Waals surface area contributed by atoms with Crippen LogP contribution in [0.4, 0.5) is 5.82 Å². The highest BCUT2D eigenvalue weighted by Gasteiger charge is 2.35. The highest BCUT2D eigenvalue weighted by molar-refractivity contribution is 5.79. The molecule has 1 aliphatic carbocycles. The lowest BCUT2D eigenvalue weighted by atomic mass is 10.00. The van der Waals surface area contributed by atoms with Gasteiger partial charge in [0, 0.05) is 25.8 Å². The van der Waals surface area contributed by atoms with E-state index in [0.29, 0.717) is 38.6 Å². The fraction of sp³-hybridized carbons (Fsp3) is 0.647. The van der Waals surface area contributed by atoms with Crippen molar-refractivity contribution in [1.29, 1.82) is 5.26 Å². The summed E-state index contributed by atoms with van der Waals surface area (Å²) in [4.78, 5) is 14.4. The van der Waals surface area contributed by atoms with E-state index in [1.54, 1.807) is 6.20 Å². The summed E-state index contributed by atoms with van der Waals surface area (Å²) in [7, 11) is 0. The Morgan fingerprint density at radius 3 is 3.04 bits per heavy atom. The highest BCUT2D eigenvalue weighted by atomic mass is 16.5. The molecule has 134 valence electrons. The van der Waals surface area contributed by atoms with E-state index >= 15 is 0 Å². The number of nitriles is 1. The molecule has 2 fully saturated rings. The zero-order valence-corrected chi connectivity index (χ0v) is 14.3. The predicted molar refractivity (Wildman–Crippen MR) is 91.7 cm³/mol. The van der Waals surface area contributed by atoms with Gasteiger partial charge in [-0.25, -0.2) is 0 Å². The lowest BCUT2D eigenvalue weighted by molar-refractivity contribution is -0.125. The number of rotatable bonds is 6. The minimum atomic E-state index is -0.656. The molecule has 2 heterocycles. The van der Waals surface area contributed by atoms with Crippen molar-refractivity contribution < 1.29 is 9.53 Å². The van der Waals surface area contributed by atoms with Crippen LogP contribution in [0.1, 0.15) is 25.7 Å². The predicted octanol–water partition coefficient (Wildman–Crippen LogP) is 0.542. The smallest absolute Gasteiger partial charge is 0.235 e. The monoisotopic (exact) mass is 344 g/mol. The topological polar surface area (TPSA) is 103 Å². The SMILES string of the molecule is N#CC1(NC(=O)CN2CCO[C@H](CNc3cccnn3)C2)CCCC1. The molecule has 1 aromatic rings. The van der Waals surface area contributed by atoms with Gasteiger partial charge in [0.25, 0.3) is 0 Å². The molecule has 0 spiro atoms. The summed E-state index contributed by atoms with van der Waals surface area (Å²) in [5.74, 6) is 0.629. The molecule has 1 amide bonds. The van der Waals surface area contributed by atoms with Crippen molar-refractivity contribution in [3.05, 3.63) is 18.3 Å². The second-order valence-electron chi connectivity index (χ2n) is 6.67. The van der Waals surface area contributed by atoms with Gasteiger partial charge in [-0.1, -0.05) is 0 Å². The maximum absolute atomic E-state index is 12.3. The average Bonchev–Trinajstić information content (AvgIpc) is 3.10. The molecule has 3 rings (SSSR count). The normalized spacial score (nSPS) is 22.9. The number of nitrogens with one attached hydrogen (secondary N) is 2. The second kappa shape index (κ2) is 8.23. The summed E-state index contributed by atoms with van der Waals surface area (Å²) in [5, 5.41) is 23.3. The summed E-state index contributed by atoms with van der Waals surface area (Å²) >= 11 is 0. The molecule has 1 atom stereocenters. The van der Waals surface area contributed by atoms with Crippen LogP contribution in [0.5, 0.6) is 0 Å². The van der Waals surface area contributed by atoms with Gasteiger partial charge in [0.2, 0.25) is 5.91 Å². The van der Waals surface area contributed by atoms with Crippen LogP contribution < -0.4 is 10.6 Å². The van der Waals surface area contributed by atoms with Gasteiger partial charge in [-0.15, -0.1) is 5.10 Å². The van der Waals surface area contributed by atoms with E-state index in [1.807, 2.05) is 12.1 Å². The van der Waals surface area contributed by atoms with Gasteiger partial charge in [0.05, 0.1) is 25.3 Å². The van der Waals surface area contributed by atoms with Crippen molar-refractivity contribution in [1.82, 2.24) is 20.4 Å². The molecule has 8 heteroatoms. The van der Waals surface area contributed by atoms with Gasteiger partial charge in [-0.05, 0) is 37.8 Å². The molecule has 0 bridgehead atoms. The Kier molecular flexibility index (Phi) is 5.79. The lowest BCUT2D eigenvalue weighted by Crippen LogP contribution is -2.52. The average molecular weight is 344 g/mol. The standard InChI is InChI=1S/C17H24N6O2/c18-13-17(5-1-2-6-17)21-16(24)12-23-8-9-25-14(11-23)10-19-15-4-3-7-20-22-15/h3-4,7,14H,1-2,5-6,8-12H2,(H,19,22)(H,21,24)/t14-/m1/s1. The first-order valence-corrected chi connectivity index (χ1v) is 8.77. The summed E-state index contributed by atoms with van der Waals surface area (Å²) in [6.07, 6.45) is 5.12. The maximum Gasteiger partial charge on any atom is 0.235 e. The van der Waals surface area contributed by atoms with Crippen LogP contribution in [-0.4, -0.2) is 65.4 Å². The Morgan fingerprint density at radius 2 is 2.32 bits per heavy atom. The van der Waals surface area contributed by atoms with E-state index < -0.39 is 5.54 Å². The van der Waals surface area contributed by atoms with Gasteiger partial charge in [-0.3, -0.25) is 9.69 Å². The first-order chi connectivity index (χ1) is 12.2. The van der Waals surface area contributed by atoms with Crippen LogP contribution in [0.2, 0.25) is 0 Å². The number of aromatic nitrogens is 2. The van der Waals surface area contributed by atoms with Crippen LogP contribution in [0.15, 0.2) is 18.3 Å². The second-order valence-corrected chi connectivity index (χ2v) is 6.67. The van der Waals surface area contributed by atoms with Gasteiger partial charge in [0.1, 0.15) is 11.4 Å². The Hall–Kier alpha value is -2.24. The molecule has 1 aliphatic heterocycles. The molecule has 2 N–H and O–H groups in total. The molecule has 0 aromatic carbocycles. The van der Waals surface area contributed by atoms with Gasteiger partial charge in [-0.2, -0.15) is 10.4 Å². The minimum absolute atomic E-state index is 0.0139. The quantitative estimate of drug-likeness (QED) is 0.776. The van der Waals surface area contributed by atoms with E-state index in [9.17, 15) is 10.1 Å². The van der Waals surface area contributed by atoms with Crippen molar-refractivity contribution in [2.75, 3.05) is 38.1 Å². The first kappa shape index (κ1) is 17.6. The fourth-order valence-electron chi connectivity index (χ4n) is 3.41. The molecular formula is C17H24N6O2. The third kappa shape index (κ3) is 4.87. The Labute approximate surface area is 147 Å². The van der Waals surface area contributed by atoms with Gasteiger partial charge >= 0.3 is 0 Å². The molecule has 1 saturated carbocycles. The summed E-state index contributed by atoms with van der Waals surface area (Å²) in [6.45, 7) is 2.88. The minimum Gasteiger partial charge on any atom is -0.374 e. The lowest BCUT2D eigenvalue weighted by Gasteiger charge is -2.33. The maximum atomic E-state index is 12.3. The first-order valence-electron chi connectivity index (χ1n) is 8.77. The number of nitrogens with zero attached hydrogens (tertiary/aromatic N) is 4. The van der Waals surface area contributed by atoms with E-state index in [0.717, 1.165) is 25.7 Å². The van der Waals surface area contributed by atoms with Crippen LogP contribution in [0.3, 0.4) is 0 Å². The van der Waals surface area contributed by atoms with Crippen molar-refractivity contribution in [3.8, 4) is 6.07 Å². The molecule has 0 unspecified atom stereocenters. The Bertz CT molecular complexity index is 611. The van der Waals surface area contributed by atoms with E-state index in [4.69, 9.17) is 4.74 Å². The number of anilines is 1. The van der Waals surface area contributed by atoms with Crippen LogP contribution in [0.25, 0.3) is 0 Å². The van der Waals surface area contributed by atoms with Crippen LogP contribution >= 0.6 is 0 Å². The largest absolute Gasteiger partial charge is 0.374 e. The number of hydrogen-bond acceptors (Lipinski definition) is 7. The number of amides is 1. The molecule has 1 aromatic heterocycles. The third-order valence-corrected chi connectivity index (χ3v) is 4.72. The van der Waals surface area contributed by atoms with Crippen LogP contribution in [0, 0.1) is 11.3 Å². The summed E-state index contributed by atoms with van der Waals surface area (Å²) in [6, 6.07) is 5.97. The Balaban J connectivity index is 1.45. The molecule has 25 heavy (non-hydrogen) atoms. The third-order valence-electron chi connectivity index (χ3n) is 4.72. The zero-order valence-electron chi connectivity index (χ0n) is 14.3. The number of morpholine rings is 1. The van der Waals surface area contributed by atoms with Gasteiger partial charge in [0.15, 0.2) is 0 Å². The molecule has 1 saturated heterocycles.